The third-order valence-corrected chi connectivity index (χ3v) is 9.90. The maximum Gasteiger partial charge on any atom is 0.341 e. The number of nitrogens with two attached hydrogens (primary N) is 2. The molecule has 0 radical (unpaired) electrons. The number of benzene rings is 1. The first-order valence-corrected chi connectivity index (χ1v) is 16.3. The molecular formula is C29H35ClN6O9S2. The summed E-state index contributed by atoms with van der Waals surface area (Å²) in [6.45, 7) is 2.58. The van der Waals surface area contributed by atoms with Gasteiger partial charge in [-0.2, -0.15) is 0 Å². The second kappa shape index (κ2) is 15.3. The van der Waals surface area contributed by atoms with Gasteiger partial charge in [0.05, 0.1) is 12.1 Å². The van der Waals surface area contributed by atoms with Crippen LogP contribution in [0.15, 0.2) is 34.8 Å². The third-order valence-electron chi connectivity index (χ3n) is 7.66. The number of oxime groups is 1. The first kappa shape index (κ1) is 35.9. The van der Waals surface area contributed by atoms with Gasteiger partial charge in [-0.15, -0.1) is 35.5 Å². The van der Waals surface area contributed by atoms with Crippen molar-refractivity contribution in [2.45, 2.75) is 74.3 Å². The zero-order valence-corrected chi connectivity index (χ0v) is 28.0. The van der Waals surface area contributed by atoms with Crippen LogP contribution in [0.25, 0.3) is 0 Å². The molecule has 2 saturated heterocycles. The highest BCUT2D eigenvalue weighted by Gasteiger charge is 2.64. The topological polar surface area (TPSA) is 215 Å². The zero-order valence-electron chi connectivity index (χ0n) is 25.5. The first-order chi connectivity index (χ1) is 22.0. The standard InChI is InChI=1S/C29H34N6O9S2.ClH/c1-29(2)22(27(40)42-14-41-26(39)15-8-10-16(11-9-15)43-19(36)12-30)35-24(38)21(25(35)46-29)33-23(37)20(18-13-45-28(31)32-18)34-44-17-6-4-3-5-7-17;/h8-11,13,17,21-22,25H,3-7,12,14,30H2,1-2H3,(H2,31,32)(H,33,37);1H/b34-20-;/t21-,22+,25-;/m1./s1. The van der Waals surface area contributed by atoms with Crippen molar-refractivity contribution in [3.8, 4) is 5.75 Å². The second-order valence-electron chi connectivity index (χ2n) is 11.3. The van der Waals surface area contributed by atoms with Gasteiger partial charge < -0.3 is 40.7 Å². The minimum atomic E-state index is -1.00. The summed E-state index contributed by atoms with van der Waals surface area (Å²) >= 11 is 2.48. The van der Waals surface area contributed by atoms with Gasteiger partial charge in [0.2, 0.25) is 12.7 Å². The summed E-state index contributed by atoms with van der Waals surface area (Å²) in [7, 11) is 0. The van der Waals surface area contributed by atoms with Crippen LogP contribution in [-0.2, 0) is 33.5 Å². The molecule has 15 nitrogen and oxygen atoms in total. The lowest BCUT2D eigenvalue weighted by molar-refractivity contribution is -0.169. The van der Waals surface area contributed by atoms with Crippen LogP contribution in [0.4, 0.5) is 5.13 Å². The summed E-state index contributed by atoms with van der Waals surface area (Å²) in [6.07, 6.45) is 4.71. The van der Waals surface area contributed by atoms with E-state index in [2.05, 4.69) is 15.5 Å². The number of halogens is 1. The average molecular weight is 711 g/mol. The van der Waals surface area contributed by atoms with Crippen molar-refractivity contribution in [2.24, 2.45) is 10.9 Å². The molecule has 1 aromatic carbocycles. The van der Waals surface area contributed by atoms with Crippen LogP contribution in [-0.4, -0.2) is 87.0 Å². The molecule has 2 aromatic rings. The SMILES string of the molecule is CC1(C)S[C@@H]2[C@H](NC(=O)/C(=N\OC3CCCCC3)c3csc(N)n3)C(=O)N2[C@H]1C(=O)OCOC(=O)c1ccc(OC(=O)CN)cc1.Cl. The lowest BCUT2D eigenvalue weighted by Gasteiger charge is -2.43. The lowest BCUT2D eigenvalue weighted by atomic mass is 9.96. The molecular weight excluding hydrogens is 676 g/mol. The fourth-order valence-electron chi connectivity index (χ4n) is 5.37. The summed E-state index contributed by atoms with van der Waals surface area (Å²) in [5.74, 6) is -3.11. The van der Waals surface area contributed by atoms with Crippen LogP contribution in [0.1, 0.15) is 62.0 Å². The minimum absolute atomic E-state index is 0. The number of β-lactam (4-membered cyclic amide) rings is 1. The van der Waals surface area contributed by atoms with Gasteiger partial charge in [0.15, 0.2) is 10.8 Å². The Morgan fingerprint density at radius 3 is 2.45 bits per heavy atom. The zero-order chi connectivity index (χ0) is 33.0. The number of nitrogens with one attached hydrogen (secondary N) is 1. The average Bonchev–Trinajstić information content (AvgIpc) is 3.58. The van der Waals surface area contributed by atoms with Crippen molar-refractivity contribution in [1.29, 1.82) is 0 Å². The highest BCUT2D eigenvalue weighted by atomic mass is 35.5. The molecule has 254 valence electrons. The number of anilines is 1. The van der Waals surface area contributed by atoms with Gasteiger partial charge in [-0.1, -0.05) is 11.6 Å². The van der Waals surface area contributed by atoms with Gasteiger partial charge in [-0.25, -0.2) is 14.6 Å². The summed E-state index contributed by atoms with van der Waals surface area (Å²) < 4.78 is 14.5. The van der Waals surface area contributed by atoms with Gasteiger partial charge in [0.1, 0.15) is 35.0 Å². The smallest absolute Gasteiger partial charge is 0.341 e. The Morgan fingerprint density at radius 1 is 1.11 bits per heavy atom. The van der Waals surface area contributed by atoms with Crippen LogP contribution >= 0.6 is 35.5 Å². The molecule has 3 fully saturated rings. The fourth-order valence-corrected chi connectivity index (χ4v) is 7.54. The van der Waals surface area contributed by atoms with Crippen LogP contribution in [0.5, 0.6) is 5.75 Å². The second-order valence-corrected chi connectivity index (χ2v) is 14.0. The Morgan fingerprint density at radius 2 is 1.81 bits per heavy atom. The number of ether oxygens (including phenoxy) is 3. The van der Waals surface area contributed by atoms with Gasteiger partial charge >= 0.3 is 17.9 Å². The highest BCUT2D eigenvalue weighted by Crippen LogP contribution is 2.51. The number of amides is 2. The molecule has 0 unspecified atom stereocenters. The Hall–Kier alpha value is -3.93. The molecule has 0 spiro atoms. The Balaban J connectivity index is 0.00000500. The van der Waals surface area contributed by atoms with E-state index in [0.717, 1.165) is 43.4 Å². The highest BCUT2D eigenvalue weighted by molar-refractivity contribution is 8.01. The number of hydrogen-bond acceptors (Lipinski definition) is 15. The molecule has 1 saturated carbocycles. The maximum atomic E-state index is 13.4. The van der Waals surface area contributed by atoms with Crippen molar-refractivity contribution in [3.63, 3.8) is 0 Å². The minimum Gasteiger partial charge on any atom is -0.426 e. The fraction of sp³-hybridized carbons (Fsp3) is 0.483. The Labute approximate surface area is 284 Å². The number of hydrogen-bond donors (Lipinski definition) is 3. The summed E-state index contributed by atoms with van der Waals surface area (Å²) in [4.78, 5) is 74.8. The van der Waals surface area contributed by atoms with E-state index < -0.39 is 58.7 Å². The van der Waals surface area contributed by atoms with Crippen LogP contribution in [0.2, 0.25) is 0 Å². The predicted octanol–water partition coefficient (Wildman–Crippen LogP) is 1.97. The van der Waals surface area contributed by atoms with Gasteiger partial charge in [0.25, 0.3) is 5.91 Å². The van der Waals surface area contributed by atoms with Crippen molar-refractivity contribution >= 4 is 76.1 Å². The third kappa shape index (κ3) is 8.14. The predicted molar refractivity (Wildman–Crippen MR) is 174 cm³/mol. The molecule has 5 rings (SSSR count). The molecule has 0 bridgehead atoms. The Bertz CT molecular complexity index is 1530. The largest absolute Gasteiger partial charge is 0.426 e. The van der Waals surface area contributed by atoms with Crippen LogP contribution in [0, 0.1) is 0 Å². The number of thiazole rings is 1. The molecule has 3 aliphatic rings. The van der Waals surface area contributed by atoms with Crippen LogP contribution in [0.3, 0.4) is 0 Å². The van der Waals surface area contributed by atoms with Crippen LogP contribution < -0.4 is 21.5 Å². The van der Waals surface area contributed by atoms with Crippen molar-refractivity contribution in [3.05, 3.63) is 40.9 Å². The number of aromatic nitrogens is 1. The van der Waals surface area contributed by atoms with E-state index in [9.17, 15) is 24.0 Å². The Kier molecular flexibility index (Phi) is 11.7. The van der Waals surface area contributed by atoms with E-state index in [1.807, 2.05) is 0 Å². The summed E-state index contributed by atoms with van der Waals surface area (Å²) in [6, 6.07) is 3.60. The summed E-state index contributed by atoms with van der Waals surface area (Å²) in [5, 5.41) is 8.15. The van der Waals surface area contributed by atoms with E-state index in [-0.39, 0.29) is 52.9 Å². The van der Waals surface area contributed by atoms with Crippen molar-refractivity contribution in [1.82, 2.24) is 15.2 Å². The monoisotopic (exact) mass is 710 g/mol. The van der Waals surface area contributed by atoms with E-state index >= 15 is 0 Å². The van der Waals surface area contributed by atoms with Gasteiger partial charge in [-0.3, -0.25) is 14.4 Å². The molecule has 1 aromatic heterocycles. The molecule has 18 heteroatoms. The number of esters is 3. The number of carbonyl (C=O) groups excluding carboxylic acids is 5. The summed E-state index contributed by atoms with van der Waals surface area (Å²) in [5.41, 5.74) is 11.3. The van der Waals surface area contributed by atoms with Crippen molar-refractivity contribution < 1.29 is 43.0 Å². The molecule has 2 amide bonds. The number of nitrogens with zero attached hydrogens (tertiary/aromatic N) is 3. The number of thioether (sulfide) groups is 1. The molecule has 3 heterocycles. The first-order valence-electron chi connectivity index (χ1n) is 14.6. The van der Waals surface area contributed by atoms with E-state index in [4.69, 9.17) is 30.5 Å². The maximum absolute atomic E-state index is 13.4. The molecule has 5 N–H and O–H groups in total. The number of nitrogen functional groups attached to an aromatic ring is 1. The van der Waals surface area contributed by atoms with E-state index in [1.165, 1.54) is 40.9 Å². The number of rotatable bonds is 11. The molecule has 3 atom stereocenters. The van der Waals surface area contributed by atoms with E-state index in [1.54, 1.807) is 19.2 Å². The van der Waals surface area contributed by atoms with Gasteiger partial charge in [0, 0.05) is 10.1 Å². The molecule has 2 aliphatic heterocycles. The van der Waals surface area contributed by atoms with Crippen molar-refractivity contribution in [2.75, 3.05) is 19.1 Å². The number of carbonyl (C=O) groups is 5. The number of fused-ring (bicyclic) bond motifs is 1. The molecule has 1 aliphatic carbocycles. The quantitative estimate of drug-likeness (QED) is 0.0760. The normalized spacial score (nSPS) is 21.9. The molecule has 47 heavy (non-hydrogen) atoms. The van der Waals surface area contributed by atoms with E-state index in [0.29, 0.717) is 0 Å². The van der Waals surface area contributed by atoms with Gasteiger partial charge in [-0.05, 0) is 63.8 Å². The lowest BCUT2D eigenvalue weighted by Crippen LogP contribution is -2.71.